The standard InChI is InChI=1S/C10H17N5O2/c1-5-7-12-8(14-13-7)9(16)11-6(2)10(17)15(3)4/h6H,5H2,1-4H3,(H,11,16)(H,12,13,14). The van der Waals surface area contributed by atoms with E-state index >= 15 is 0 Å². The van der Waals surface area contributed by atoms with Gasteiger partial charge in [0.05, 0.1) is 0 Å². The number of carbonyl (C=O) groups is 2. The molecule has 1 unspecified atom stereocenters. The fraction of sp³-hybridized carbons (Fsp3) is 0.600. The molecule has 0 radical (unpaired) electrons. The minimum atomic E-state index is -0.596. The van der Waals surface area contributed by atoms with Gasteiger partial charge in [-0.1, -0.05) is 6.92 Å². The summed E-state index contributed by atoms with van der Waals surface area (Å²) in [5.74, 6) is 0.0650. The highest BCUT2D eigenvalue weighted by Crippen LogP contribution is 1.96. The van der Waals surface area contributed by atoms with E-state index < -0.39 is 11.9 Å². The Bertz CT molecular complexity index is 413. The monoisotopic (exact) mass is 239 g/mol. The van der Waals surface area contributed by atoms with Crippen LogP contribution in [0.5, 0.6) is 0 Å². The Kier molecular flexibility index (Phi) is 4.19. The second kappa shape index (κ2) is 5.42. The van der Waals surface area contributed by atoms with Crippen LogP contribution < -0.4 is 5.32 Å². The van der Waals surface area contributed by atoms with Crippen molar-refractivity contribution in [3.05, 3.63) is 11.6 Å². The van der Waals surface area contributed by atoms with Crippen LogP contribution >= 0.6 is 0 Å². The van der Waals surface area contributed by atoms with Crippen LogP contribution in [0.3, 0.4) is 0 Å². The van der Waals surface area contributed by atoms with Gasteiger partial charge < -0.3 is 10.2 Å². The first-order chi connectivity index (χ1) is 7.95. The zero-order valence-electron chi connectivity index (χ0n) is 10.4. The minimum Gasteiger partial charge on any atom is -0.347 e. The number of hydrogen-bond acceptors (Lipinski definition) is 4. The highest BCUT2D eigenvalue weighted by molar-refractivity contribution is 5.94. The number of hydrogen-bond donors (Lipinski definition) is 2. The van der Waals surface area contributed by atoms with Gasteiger partial charge in [-0.15, -0.1) is 5.10 Å². The van der Waals surface area contributed by atoms with E-state index in [1.165, 1.54) is 4.90 Å². The third kappa shape index (κ3) is 3.27. The molecule has 0 saturated heterocycles. The molecule has 1 rings (SSSR count). The van der Waals surface area contributed by atoms with E-state index in [4.69, 9.17) is 0 Å². The molecule has 7 heteroatoms. The van der Waals surface area contributed by atoms with Crippen LogP contribution in [0.4, 0.5) is 0 Å². The van der Waals surface area contributed by atoms with Gasteiger partial charge in [-0.3, -0.25) is 14.7 Å². The number of carbonyl (C=O) groups excluding carboxylic acids is 2. The van der Waals surface area contributed by atoms with Gasteiger partial charge in [0.15, 0.2) is 0 Å². The molecule has 0 bridgehead atoms. The van der Waals surface area contributed by atoms with Crippen LogP contribution in [-0.4, -0.2) is 52.0 Å². The van der Waals surface area contributed by atoms with Crippen molar-refractivity contribution >= 4 is 11.8 Å². The van der Waals surface area contributed by atoms with Gasteiger partial charge in [-0.2, -0.15) is 0 Å². The molecule has 2 amide bonds. The summed E-state index contributed by atoms with van der Waals surface area (Å²) in [4.78, 5) is 28.6. The number of nitrogens with zero attached hydrogens (tertiary/aromatic N) is 3. The highest BCUT2D eigenvalue weighted by Gasteiger charge is 2.20. The smallest absolute Gasteiger partial charge is 0.291 e. The van der Waals surface area contributed by atoms with Gasteiger partial charge in [0.25, 0.3) is 5.91 Å². The summed E-state index contributed by atoms with van der Waals surface area (Å²) in [6.45, 7) is 3.52. The number of amides is 2. The maximum absolute atomic E-state index is 11.7. The lowest BCUT2D eigenvalue weighted by Crippen LogP contribution is -2.44. The Morgan fingerprint density at radius 2 is 2.12 bits per heavy atom. The van der Waals surface area contributed by atoms with E-state index in [0.717, 1.165) is 0 Å². The lowest BCUT2D eigenvalue weighted by molar-refractivity contribution is -0.130. The second-order valence-electron chi connectivity index (χ2n) is 3.89. The van der Waals surface area contributed by atoms with E-state index in [0.29, 0.717) is 12.2 Å². The van der Waals surface area contributed by atoms with Crippen LogP contribution in [0.25, 0.3) is 0 Å². The van der Waals surface area contributed by atoms with Crippen LogP contribution in [0, 0.1) is 0 Å². The van der Waals surface area contributed by atoms with Crippen molar-refractivity contribution in [1.82, 2.24) is 25.4 Å². The number of aromatic amines is 1. The van der Waals surface area contributed by atoms with Crippen molar-refractivity contribution in [2.24, 2.45) is 0 Å². The van der Waals surface area contributed by atoms with E-state index in [2.05, 4.69) is 20.5 Å². The van der Waals surface area contributed by atoms with Gasteiger partial charge in [0.2, 0.25) is 11.7 Å². The van der Waals surface area contributed by atoms with Crippen molar-refractivity contribution in [3.8, 4) is 0 Å². The van der Waals surface area contributed by atoms with Gasteiger partial charge in [0.1, 0.15) is 11.9 Å². The van der Waals surface area contributed by atoms with E-state index in [9.17, 15) is 9.59 Å². The molecule has 0 aliphatic carbocycles. The minimum absolute atomic E-state index is 0.0558. The Balaban J connectivity index is 2.63. The molecule has 1 aromatic rings. The molecule has 0 aromatic carbocycles. The molecule has 2 N–H and O–H groups in total. The number of rotatable bonds is 4. The Labute approximate surface area is 99.6 Å². The van der Waals surface area contributed by atoms with Crippen LogP contribution in [0.2, 0.25) is 0 Å². The average Bonchev–Trinajstić information content (AvgIpc) is 2.76. The van der Waals surface area contributed by atoms with Gasteiger partial charge in [0, 0.05) is 20.5 Å². The fourth-order valence-electron chi connectivity index (χ4n) is 1.27. The SMILES string of the molecule is CCc1nc(C(=O)NC(C)C(=O)N(C)C)n[nH]1. The lowest BCUT2D eigenvalue weighted by atomic mass is 10.3. The van der Waals surface area contributed by atoms with Crippen molar-refractivity contribution in [3.63, 3.8) is 0 Å². The van der Waals surface area contributed by atoms with Gasteiger partial charge in [-0.05, 0) is 6.92 Å². The molecule has 0 spiro atoms. The summed E-state index contributed by atoms with van der Waals surface area (Å²) < 4.78 is 0. The highest BCUT2D eigenvalue weighted by atomic mass is 16.2. The molecule has 0 saturated carbocycles. The summed E-state index contributed by atoms with van der Waals surface area (Å²) in [6, 6.07) is -0.596. The predicted octanol–water partition coefficient (Wildman–Crippen LogP) is -0.426. The van der Waals surface area contributed by atoms with E-state index in [-0.39, 0.29) is 11.7 Å². The zero-order valence-corrected chi connectivity index (χ0v) is 10.4. The topological polar surface area (TPSA) is 91.0 Å². The van der Waals surface area contributed by atoms with Crippen LogP contribution in [0.1, 0.15) is 30.3 Å². The molecule has 17 heavy (non-hydrogen) atoms. The van der Waals surface area contributed by atoms with E-state index in [1.54, 1.807) is 21.0 Å². The van der Waals surface area contributed by atoms with Crippen LogP contribution in [-0.2, 0) is 11.2 Å². The molecule has 7 nitrogen and oxygen atoms in total. The molecule has 1 aromatic heterocycles. The maximum Gasteiger partial charge on any atom is 0.291 e. The third-order valence-corrected chi connectivity index (χ3v) is 2.23. The number of H-pyrrole nitrogens is 1. The summed E-state index contributed by atoms with van der Waals surface area (Å²) in [6.07, 6.45) is 0.673. The van der Waals surface area contributed by atoms with Crippen LogP contribution in [0.15, 0.2) is 0 Å². The molecule has 94 valence electrons. The first-order valence-corrected chi connectivity index (χ1v) is 5.39. The third-order valence-electron chi connectivity index (χ3n) is 2.23. The summed E-state index contributed by atoms with van der Waals surface area (Å²) in [5.41, 5.74) is 0. The summed E-state index contributed by atoms with van der Waals surface area (Å²) in [5, 5.41) is 8.95. The quantitative estimate of drug-likeness (QED) is 0.746. The maximum atomic E-state index is 11.7. The second-order valence-corrected chi connectivity index (χ2v) is 3.89. The van der Waals surface area contributed by atoms with Gasteiger partial charge in [-0.25, -0.2) is 4.98 Å². The summed E-state index contributed by atoms with van der Waals surface area (Å²) in [7, 11) is 3.26. The Morgan fingerprint density at radius 1 is 1.47 bits per heavy atom. The lowest BCUT2D eigenvalue weighted by Gasteiger charge is -2.16. The first-order valence-electron chi connectivity index (χ1n) is 5.39. The molecule has 0 aliphatic heterocycles. The van der Waals surface area contributed by atoms with Gasteiger partial charge >= 0.3 is 0 Å². The molecule has 1 heterocycles. The Morgan fingerprint density at radius 3 is 2.59 bits per heavy atom. The van der Waals surface area contributed by atoms with Crippen molar-refractivity contribution in [2.45, 2.75) is 26.3 Å². The molecule has 0 fully saturated rings. The largest absolute Gasteiger partial charge is 0.347 e. The molecular formula is C10H17N5O2. The number of aryl methyl sites for hydroxylation is 1. The number of likely N-dealkylation sites (N-methyl/N-ethyl adjacent to an activating group) is 1. The first kappa shape index (κ1) is 13.1. The van der Waals surface area contributed by atoms with Crippen molar-refractivity contribution in [1.29, 1.82) is 0 Å². The normalized spacial score (nSPS) is 12.0. The number of aromatic nitrogens is 3. The number of nitrogens with one attached hydrogen (secondary N) is 2. The summed E-state index contributed by atoms with van der Waals surface area (Å²) >= 11 is 0. The van der Waals surface area contributed by atoms with E-state index in [1.807, 2.05) is 6.92 Å². The van der Waals surface area contributed by atoms with Crippen molar-refractivity contribution in [2.75, 3.05) is 14.1 Å². The fourth-order valence-corrected chi connectivity index (χ4v) is 1.27. The molecule has 0 aliphatic rings. The average molecular weight is 239 g/mol. The zero-order chi connectivity index (χ0) is 13.0. The molecular weight excluding hydrogens is 222 g/mol. The van der Waals surface area contributed by atoms with Crippen molar-refractivity contribution < 1.29 is 9.59 Å². The Hall–Kier alpha value is -1.92. The predicted molar refractivity (Wildman–Crippen MR) is 61.4 cm³/mol. The molecule has 1 atom stereocenters.